The second-order valence-corrected chi connectivity index (χ2v) is 8.51. The van der Waals surface area contributed by atoms with Gasteiger partial charge in [-0.05, 0) is 34.9 Å². The van der Waals surface area contributed by atoms with Crippen LogP contribution in [0.15, 0.2) is 18.2 Å². The van der Waals surface area contributed by atoms with Crippen molar-refractivity contribution in [2.75, 3.05) is 13.2 Å². The van der Waals surface area contributed by atoms with Gasteiger partial charge in [0.2, 0.25) is 0 Å². The highest BCUT2D eigenvalue weighted by Gasteiger charge is 2.23. The van der Waals surface area contributed by atoms with Crippen molar-refractivity contribution in [1.82, 2.24) is 0 Å². The standard InChI is InChI=1S/C20H30O4/c1-8-14-9-10-15(17(21)23-12-19(2,3)4)16(11-14)18(22)24-13-20(5,6)7/h9-11H,8,12-13H2,1-7H3. The van der Waals surface area contributed by atoms with Crippen molar-refractivity contribution in [2.45, 2.75) is 54.9 Å². The molecule has 0 aliphatic rings. The van der Waals surface area contributed by atoms with Crippen molar-refractivity contribution < 1.29 is 19.1 Å². The first-order chi connectivity index (χ1) is 10.9. The number of hydrogen-bond donors (Lipinski definition) is 0. The lowest BCUT2D eigenvalue weighted by Crippen LogP contribution is -2.22. The molecule has 4 heteroatoms. The van der Waals surface area contributed by atoms with Crippen molar-refractivity contribution in [1.29, 1.82) is 0 Å². The molecule has 0 radical (unpaired) electrons. The Kier molecular flexibility index (Phi) is 6.58. The fourth-order valence-electron chi connectivity index (χ4n) is 1.88. The number of esters is 2. The van der Waals surface area contributed by atoms with Gasteiger partial charge in [-0.3, -0.25) is 0 Å². The smallest absolute Gasteiger partial charge is 0.339 e. The fraction of sp³-hybridized carbons (Fsp3) is 0.600. The third-order valence-corrected chi connectivity index (χ3v) is 3.20. The molecular weight excluding hydrogens is 304 g/mol. The molecule has 0 N–H and O–H groups in total. The minimum atomic E-state index is -0.490. The molecule has 1 aromatic carbocycles. The topological polar surface area (TPSA) is 52.6 Å². The molecule has 134 valence electrons. The van der Waals surface area contributed by atoms with Crippen LogP contribution in [0.3, 0.4) is 0 Å². The van der Waals surface area contributed by atoms with E-state index in [0.717, 1.165) is 12.0 Å². The van der Waals surface area contributed by atoms with Crippen molar-refractivity contribution in [3.8, 4) is 0 Å². The minimum absolute atomic E-state index is 0.133. The molecule has 0 aliphatic carbocycles. The Morgan fingerprint density at radius 1 is 0.833 bits per heavy atom. The molecule has 24 heavy (non-hydrogen) atoms. The number of hydrogen-bond acceptors (Lipinski definition) is 4. The maximum absolute atomic E-state index is 12.5. The number of carbonyl (C=O) groups is 2. The molecule has 1 rings (SSSR count). The number of carbonyl (C=O) groups excluding carboxylic acids is 2. The summed E-state index contributed by atoms with van der Waals surface area (Å²) in [5.74, 6) is -0.974. The van der Waals surface area contributed by atoms with E-state index in [4.69, 9.17) is 9.47 Å². The molecule has 0 bridgehead atoms. The summed E-state index contributed by atoms with van der Waals surface area (Å²) >= 11 is 0. The van der Waals surface area contributed by atoms with E-state index >= 15 is 0 Å². The Labute approximate surface area is 145 Å². The molecule has 1 aromatic rings. The number of ether oxygens (including phenoxy) is 2. The zero-order valence-electron chi connectivity index (χ0n) is 16.0. The van der Waals surface area contributed by atoms with Crippen molar-refractivity contribution >= 4 is 11.9 Å². The van der Waals surface area contributed by atoms with Gasteiger partial charge in [-0.15, -0.1) is 0 Å². The van der Waals surface area contributed by atoms with Gasteiger partial charge in [-0.2, -0.15) is 0 Å². The Morgan fingerprint density at radius 3 is 1.71 bits per heavy atom. The molecule has 0 amide bonds. The summed E-state index contributed by atoms with van der Waals surface area (Å²) in [5.41, 5.74) is 1.24. The third-order valence-electron chi connectivity index (χ3n) is 3.20. The summed E-state index contributed by atoms with van der Waals surface area (Å²) in [6.07, 6.45) is 0.775. The molecule has 0 aromatic heterocycles. The number of rotatable bonds is 5. The van der Waals surface area contributed by atoms with Gasteiger partial charge in [0.1, 0.15) is 0 Å². The van der Waals surface area contributed by atoms with E-state index in [2.05, 4.69) is 0 Å². The third kappa shape index (κ3) is 6.73. The van der Waals surface area contributed by atoms with E-state index in [1.165, 1.54) is 0 Å². The summed E-state index contributed by atoms with van der Waals surface area (Å²) in [6, 6.07) is 5.21. The maximum Gasteiger partial charge on any atom is 0.339 e. The highest BCUT2D eigenvalue weighted by molar-refractivity contribution is 6.03. The monoisotopic (exact) mass is 334 g/mol. The Hall–Kier alpha value is -1.84. The Balaban J connectivity index is 3.03. The number of benzene rings is 1. The first-order valence-corrected chi connectivity index (χ1v) is 8.40. The van der Waals surface area contributed by atoms with Crippen LogP contribution in [-0.4, -0.2) is 25.2 Å². The van der Waals surface area contributed by atoms with Crippen LogP contribution in [0.2, 0.25) is 0 Å². The van der Waals surface area contributed by atoms with Crippen LogP contribution >= 0.6 is 0 Å². The predicted molar refractivity (Wildman–Crippen MR) is 95.3 cm³/mol. The first kappa shape index (κ1) is 20.2. The Bertz CT molecular complexity index is 589. The number of aryl methyl sites for hydroxylation is 1. The zero-order chi connectivity index (χ0) is 18.5. The largest absolute Gasteiger partial charge is 0.462 e. The lowest BCUT2D eigenvalue weighted by atomic mass is 9.98. The summed E-state index contributed by atoms with van der Waals surface area (Å²) in [7, 11) is 0. The fourth-order valence-corrected chi connectivity index (χ4v) is 1.88. The lowest BCUT2D eigenvalue weighted by molar-refractivity contribution is 0.0322. The highest BCUT2D eigenvalue weighted by atomic mass is 16.5. The molecule has 0 aliphatic heterocycles. The van der Waals surface area contributed by atoms with Gasteiger partial charge in [0.25, 0.3) is 0 Å². The second-order valence-electron chi connectivity index (χ2n) is 8.51. The molecule has 0 atom stereocenters. The van der Waals surface area contributed by atoms with E-state index in [1.807, 2.05) is 54.5 Å². The van der Waals surface area contributed by atoms with E-state index in [1.54, 1.807) is 12.1 Å². The van der Waals surface area contributed by atoms with Gasteiger partial charge in [0.15, 0.2) is 0 Å². The van der Waals surface area contributed by atoms with E-state index < -0.39 is 11.9 Å². The van der Waals surface area contributed by atoms with Crippen LogP contribution in [0.1, 0.15) is 74.7 Å². The SMILES string of the molecule is CCc1ccc(C(=O)OCC(C)(C)C)c(C(=O)OCC(C)(C)C)c1. The average molecular weight is 334 g/mol. The predicted octanol–water partition coefficient (Wildman–Crippen LogP) is 4.65. The van der Waals surface area contributed by atoms with Crippen molar-refractivity contribution in [2.24, 2.45) is 10.8 Å². The molecule has 0 saturated heterocycles. The van der Waals surface area contributed by atoms with Gasteiger partial charge in [0, 0.05) is 0 Å². The van der Waals surface area contributed by atoms with Crippen LogP contribution < -0.4 is 0 Å². The van der Waals surface area contributed by atoms with E-state index in [0.29, 0.717) is 6.61 Å². The molecule has 0 saturated carbocycles. The summed E-state index contributed by atoms with van der Waals surface area (Å²) in [4.78, 5) is 24.8. The molecule has 0 unspecified atom stereocenters. The van der Waals surface area contributed by atoms with Crippen molar-refractivity contribution in [3.05, 3.63) is 34.9 Å². The van der Waals surface area contributed by atoms with Crippen LogP contribution in [0.4, 0.5) is 0 Å². The van der Waals surface area contributed by atoms with E-state index in [-0.39, 0.29) is 28.6 Å². The lowest BCUT2D eigenvalue weighted by Gasteiger charge is -2.20. The van der Waals surface area contributed by atoms with Crippen molar-refractivity contribution in [3.63, 3.8) is 0 Å². The van der Waals surface area contributed by atoms with Crippen LogP contribution in [0.25, 0.3) is 0 Å². The first-order valence-electron chi connectivity index (χ1n) is 8.40. The van der Waals surface area contributed by atoms with E-state index in [9.17, 15) is 9.59 Å². The van der Waals surface area contributed by atoms with Gasteiger partial charge >= 0.3 is 11.9 Å². The summed E-state index contributed by atoms with van der Waals surface area (Å²) < 4.78 is 10.7. The molecular formula is C20H30O4. The zero-order valence-corrected chi connectivity index (χ0v) is 16.0. The van der Waals surface area contributed by atoms with Gasteiger partial charge in [-0.1, -0.05) is 54.5 Å². The summed E-state index contributed by atoms with van der Waals surface area (Å²) in [6.45, 7) is 14.5. The highest BCUT2D eigenvalue weighted by Crippen LogP contribution is 2.20. The maximum atomic E-state index is 12.5. The Morgan fingerprint density at radius 2 is 1.29 bits per heavy atom. The minimum Gasteiger partial charge on any atom is -0.462 e. The molecule has 0 spiro atoms. The van der Waals surface area contributed by atoms with Crippen LogP contribution in [0, 0.1) is 10.8 Å². The summed E-state index contributed by atoms with van der Waals surface area (Å²) in [5, 5.41) is 0. The molecule has 0 heterocycles. The van der Waals surface area contributed by atoms with Crippen LogP contribution in [-0.2, 0) is 15.9 Å². The van der Waals surface area contributed by atoms with Gasteiger partial charge < -0.3 is 9.47 Å². The normalized spacial score (nSPS) is 12.0. The van der Waals surface area contributed by atoms with Gasteiger partial charge in [0.05, 0.1) is 24.3 Å². The van der Waals surface area contributed by atoms with Gasteiger partial charge in [-0.25, -0.2) is 9.59 Å². The molecule has 4 nitrogen and oxygen atoms in total. The average Bonchev–Trinajstić information content (AvgIpc) is 2.48. The molecule has 0 fully saturated rings. The quantitative estimate of drug-likeness (QED) is 0.735. The van der Waals surface area contributed by atoms with Crippen LogP contribution in [0.5, 0.6) is 0 Å². The second kappa shape index (κ2) is 7.82.